The number of hydrogen-bond acceptors (Lipinski definition) is 4. The Morgan fingerprint density at radius 2 is 2.19 bits per heavy atom. The largest absolute Gasteiger partial charge is 0.496 e. The first-order chi connectivity index (χ1) is 10.2. The van der Waals surface area contributed by atoms with Crippen molar-refractivity contribution in [3.63, 3.8) is 0 Å². The van der Waals surface area contributed by atoms with Gasteiger partial charge in [-0.3, -0.25) is 0 Å². The average molecular weight is 292 g/mol. The quantitative estimate of drug-likeness (QED) is 0.835. The summed E-state index contributed by atoms with van der Waals surface area (Å²) in [5.41, 5.74) is 2.51. The number of aryl methyl sites for hydroxylation is 1. The maximum Gasteiger partial charge on any atom is 0.123 e. The molecule has 1 heterocycles. The standard InChI is InChI=1S/C17H28N2O2/c1-13-5-6-17(21-4)15(9-13)16(18-2)11-19-8-7-14(10-19)12-20-3/h5-6,9,14,16,18H,7-8,10-12H2,1-4H3. The molecule has 1 saturated heterocycles. The van der Waals surface area contributed by atoms with Crippen LogP contribution in [-0.4, -0.2) is 52.4 Å². The van der Waals surface area contributed by atoms with Crippen molar-refractivity contribution in [1.29, 1.82) is 0 Å². The van der Waals surface area contributed by atoms with Crippen LogP contribution >= 0.6 is 0 Å². The molecule has 0 aliphatic carbocycles. The second kappa shape index (κ2) is 7.78. The van der Waals surface area contributed by atoms with Crippen molar-refractivity contribution < 1.29 is 9.47 Å². The zero-order valence-electron chi connectivity index (χ0n) is 13.7. The third-order valence-electron chi connectivity index (χ3n) is 4.32. The zero-order valence-corrected chi connectivity index (χ0v) is 13.7. The van der Waals surface area contributed by atoms with Crippen molar-refractivity contribution in [3.05, 3.63) is 29.3 Å². The van der Waals surface area contributed by atoms with Gasteiger partial charge in [-0.25, -0.2) is 0 Å². The van der Waals surface area contributed by atoms with Crippen molar-refractivity contribution in [2.45, 2.75) is 19.4 Å². The number of nitrogens with one attached hydrogen (secondary N) is 1. The first-order valence-corrected chi connectivity index (χ1v) is 7.71. The molecule has 0 aromatic heterocycles. The number of methoxy groups -OCH3 is 2. The molecule has 1 aromatic rings. The molecule has 1 aliphatic rings. The Balaban J connectivity index is 2.05. The van der Waals surface area contributed by atoms with Gasteiger partial charge in [0.05, 0.1) is 13.7 Å². The summed E-state index contributed by atoms with van der Waals surface area (Å²) in [6, 6.07) is 6.68. The maximum absolute atomic E-state index is 5.53. The lowest BCUT2D eigenvalue weighted by atomic mass is 10.0. The van der Waals surface area contributed by atoms with Crippen LogP contribution in [0.4, 0.5) is 0 Å². The summed E-state index contributed by atoms with van der Waals surface area (Å²) in [4.78, 5) is 2.52. The zero-order chi connectivity index (χ0) is 15.2. The van der Waals surface area contributed by atoms with Gasteiger partial charge < -0.3 is 19.7 Å². The fourth-order valence-electron chi connectivity index (χ4n) is 3.18. The van der Waals surface area contributed by atoms with Gasteiger partial charge in [-0.1, -0.05) is 17.7 Å². The van der Waals surface area contributed by atoms with Crippen LogP contribution in [0, 0.1) is 12.8 Å². The van der Waals surface area contributed by atoms with Crippen LogP contribution in [-0.2, 0) is 4.74 Å². The highest BCUT2D eigenvalue weighted by atomic mass is 16.5. The summed E-state index contributed by atoms with van der Waals surface area (Å²) < 4.78 is 10.8. The Kier molecular flexibility index (Phi) is 6.03. The van der Waals surface area contributed by atoms with Gasteiger partial charge in [0.1, 0.15) is 5.75 Å². The molecular formula is C17H28N2O2. The molecule has 1 N–H and O–H groups in total. The van der Waals surface area contributed by atoms with Gasteiger partial charge in [0.2, 0.25) is 0 Å². The minimum absolute atomic E-state index is 0.293. The predicted molar refractivity (Wildman–Crippen MR) is 86.0 cm³/mol. The third kappa shape index (κ3) is 4.19. The highest BCUT2D eigenvalue weighted by molar-refractivity contribution is 5.39. The minimum Gasteiger partial charge on any atom is -0.496 e. The molecule has 0 spiro atoms. The number of ether oxygens (including phenoxy) is 2. The summed E-state index contributed by atoms with van der Waals surface area (Å²) >= 11 is 0. The Labute approximate surface area is 128 Å². The molecule has 2 unspecified atom stereocenters. The summed E-state index contributed by atoms with van der Waals surface area (Å²) in [6.07, 6.45) is 1.23. The van der Waals surface area contributed by atoms with Crippen LogP contribution in [0.5, 0.6) is 5.75 Å². The summed E-state index contributed by atoms with van der Waals surface area (Å²) in [6.45, 7) is 6.28. The Morgan fingerprint density at radius 1 is 1.38 bits per heavy atom. The molecule has 1 fully saturated rings. The van der Waals surface area contributed by atoms with E-state index in [1.54, 1.807) is 14.2 Å². The normalized spacial score (nSPS) is 20.7. The summed E-state index contributed by atoms with van der Waals surface area (Å²) in [5.74, 6) is 1.64. The first-order valence-electron chi connectivity index (χ1n) is 7.71. The highest BCUT2D eigenvalue weighted by Gasteiger charge is 2.25. The van der Waals surface area contributed by atoms with Crippen molar-refractivity contribution >= 4 is 0 Å². The number of nitrogens with zero attached hydrogens (tertiary/aromatic N) is 1. The fourth-order valence-corrected chi connectivity index (χ4v) is 3.18. The number of likely N-dealkylation sites (tertiary alicyclic amines) is 1. The van der Waals surface area contributed by atoms with Crippen LogP contribution in [0.15, 0.2) is 18.2 Å². The number of benzene rings is 1. The van der Waals surface area contributed by atoms with Crippen LogP contribution in [0.2, 0.25) is 0 Å². The van der Waals surface area contributed by atoms with Crippen molar-refractivity contribution in [2.75, 3.05) is 47.5 Å². The van der Waals surface area contributed by atoms with Gasteiger partial charge >= 0.3 is 0 Å². The van der Waals surface area contributed by atoms with E-state index in [1.165, 1.54) is 17.5 Å². The minimum atomic E-state index is 0.293. The molecule has 0 saturated carbocycles. The van der Waals surface area contributed by atoms with E-state index in [9.17, 15) is 0 Å². The second-order valence-corrected chi connectivity index (χ2v) is 5.96. The van der Waals surface area contributed by atoms with E-state index in [-0.39, 0.29) is 0 Å². The molecule has 21 heavy (non-hydrogen) atoms. The summed E-state index contributed by atoms with van der Waals surface area (Å²) in [5, 5.41) is 3.44. The van der Waals surface area contributed by atoms with E-state index in [4.69, 9.17) is 9.47 Å². The van der Waals surface area contributed by atoms with Crippen molar-refractivity contribution in [3.8, 4) is 5.75 Å². The van der Waals surface area contributed by atoms with Crippen LogP contribution in [0.3, 0.4) is 0 Å². The number of hydrogen-bond donors (Lipinski definition) is 1. The molecule has 1 aromatic carbocycles. The van der Waals surface area contributed by atoms with Crippen molar-refractivity contribution in [1.82, 2.24) is 10.2 Å². The van der Waals surface area contributed by atoms with Gasteiger partial charge in [-0.2, -0.15) is 0 Å². The average Bonchev–Trinajstić information content (AvgIpc) is 2.92. The number of likely N-dealkylation sites (N-methyl/N-ethyl adjacent to an activating group) is 1. The van der Waals surface area contributed by atoms with Crippen LogP contribution in [0.25, 0.3) is 0 Å². The van der Waals surface area contributed by atoms with E-state index < -0.39 is 0 Å². The van der Waals surface area contributed by atoms with Gasteiger partial charge in [0, 0.05) is 31.8 Å². The molecular weight excluding hydrogens is 264 g/mol. The van der Waals surface area contributed by atoms with E-state index >= 15 is 0 Å². The molecule has 4 nitrogen and oxygen atoms in total. The van der Waals surface area contributed by atoms with Gasteiger partial charge in [-0.05, 0) is 38.9 Å². The molecule has 118 valence electrons. The summed E-state index contributed by atoms with van der Waals surface area (Å²) in [7, 11) is 5.55. The monoisotopic (exact) mass is 292 g/mol. The molecule has 4 heteroatoms. The predicted octanol–water partition coefficient (Wildman–Crippen LogP) is 2.23. The third-order valence-corrected chi connectivity index (χ3v) is 4.32. The maximum atomic E-state index is 5.53. The Morgan fingerprint density at radius 3 is 2.86 bits per heavy atom. The fraction of sp³-hybridized carbons (Fsp3) is 0.647. The Bertz CT molecular complexity index is 450. The first kappa shape index (κ1) is 16.3. The molecule has 1 aliphatic heterocycles. The van der Waals surface area contributed by atoms with E-state index in [0.29, 0.717) is 12.0 Å². The van der Waals surface area contributed by atoms with E-state index in [0.717, 1.165) is 32.0 Å². The lowest BCUT2D eigenvalue weighted by Gasteiger charge is -2.25. The van der Waals surface area contributed by atoms with Crippen molar-refractivity contribution in [2.24, 2.45) is 5.92 Å². The smallest absolute Gasteiger partial charge is 0.123 e. The van der Waals surface area contributed by atoms with E-state index in [1.807, 2.05) is 7.05 Å². The second-order valence-electron chi connectivity index (χ2n) is 5.96. The lowest BCUT2D eigenvalue weighted by Crippen LogP contribution is -2.33. The van der Waals surface area contributed by atoms with Gasteiger partial charge in [0.15, 0.2) is 0 Å². The number of rotatable bonds is 7. The van der Waals surface area contributed by atoms with E-state index in [2.05, 4.69) is 35.3 Å². The van der Waals surface area contributed by atoms with Crippen LogP contribution < -0.4 is 10.1 Å². The SMILES string of the molecule is CNC(CN1CCC(COC)C1)c1cc(C)ccc1OC. The van der Waals surface area contributed by atoms with Crippen LogP contribution in [0.1, 0.15) is 23.6 Å². The Hall–Kier alpha value is -1.10. The molecule has 0 bridgehead atoms. The van der Waals surface area contributed by atoms with Gasteiger partial charge in [-0.15, -0.1) is 0 Å². The highest BCUT2D eigenvalue weighted by Crippen LogP contribution is 2.28. The van der Waals surface area contributed by atoms with Gasteiger partial charge in [0.25, 0.3) is 0 Å². The molecule has 2 atom stereocenters. The topological polar surface area (TPSA) is 33.7 Å². The molecule has 2 rings (SSSR count). The molecule has 0 amide bonds. The lowest BCUT2D eigenvalue weighted by molar-refractivity contribution is 0.152. The molecule has 0 radical (unpaired) electrons.